The maximum atomic E-state index is 14.5. The van der Waals surface area contributed by atoms with E-state index in [9.17, 15) is 8.78 Å². The van der Waals surface area contributed by atoms with Gasteiger partial charge in [-0.15, -0.1) is 0 Å². The van der Waals surface area contributed by atoms with E-state index < -0.39 is 11.6 Å². The van der Waals surface area contributed by atoms with Crippen LogP contribution in [-0.2, 0) is 7.05 Å². The summed E-state index contributed by atoms with van der Waals surface area (Å²) in [4.78, 5) is 15.8. The monoisotopic (exact) mass is 431 g/mol. The minimum Gasteiger partial charge on any atom is -0.349 e. The molecule has 0 aliphatic carbocycles. The van der Waals surface area contributed by atoms with Crippen LogP contribution in [0.3, 0.4) is 0 Å². The summed E-state index contributed by atoms with van der Waals surface area (Å²) < 4.78 is 32.0. The molecule has 32 heavy (non-hydrogen) atoms. The van der Waals surface area contributed by atoms with Crippen molar-refractivity contribution < 1.29 is 8.78 Å². The number of fused-ring (bicyclic) bond motifs is 2. The molecule has 1 atom stereocenters. The number of halogens is 2. The van der Waals surface area contributed by atoms with Crippen molar-refractivity contribution in [2.45, 2.75) is 18.9 Å². The van der Waals surface area contributed by atoms with Gasteiger partial charge in [0.25, 0.3) is 0 Å². The van der Waals surface area contributed by atoms with Gasteiger partial charge in [-0.05, 0) is 43.2 Å². The van der Waals surface area contributed by atoms with Crippen LogP contribution in [0.25, 0.3) is 28.1 Å². The molecule has 0 spiro atoms. The fourth-order valence-corrected chi connectivity index (χ4v) is 4.60. The molecule has 1 aliphatic heterocycles. The van der Waals surface area contributed by atoms with Gasteiger partial charge < -0.3 is 9.47 Å². The van der Waals surface area contributed by atoms with Crippen molar-refractivity contribution in [1.29, 1.82) is 0 Å². The molecule has 7 nitrogen and oxygen atoms in total. The Bertz CT molecular complexity index is 1470. The van der Waals surface area contributed by atoms with Gasteiger partial charge in [0.2, 0.25) is 0 Å². The molecule has 1 saturated heterocycles. The molecule has 5 aromatic rings. The van der Waals surface area contributed by atoms with Gasteiger partial charge in [-0.1, -0.05) is 0 Å². The lowest BCUT2D eigenvalue weighted by Gasteiger charge is -2.26. The Labute approximate surface area is 182 Å². The number of pyridine rings is 1. The standard InChI is InChI=1S/C23H19F2N7/c1-30-20-6-8-26-13-18(20)28-22(30)16-12-27-32-10-7-21(29-23(16)32)31-9-2-3-19(31)15-11-14(24)4-5-17(15)25/h4-8,10-13,19H,2-3,9H2,1H3/t19-/m1/s1. The Morgan fingerprint density at radius 2 is 1.97 bits per heavy atom. The van der Waals surface area contributed by atoms with Gasteiger partial charge in [-0.3, -0.25) is 4.98 Å². The molecule has 0 bridgehead atoms. The van der Waals surface area contributed by atoms with Gasteiger partial charge in [0, 0.05) is 31.5 Å². The number of hydrogen-bond donors (Lipinski definition) is 0. The van der Waals surface area contributed by atoms with E-state index in [-0.39, 0.29) is 6.04 Å². The first-order chi connectivity index (χ1) is 15.6. The molecule has 0 amide bonds. The van der Waals surface area contributed by atoms with Crippen molar-refractivity contribution in [2.24, 2.45) is 7.05 Å². The highest BCUT2D eigenvalue weighted by atomic mass is 19.1. The average molecular weight is 431 g/mol. The van der Waals surface area contributed by atoms with E-state index in [1.807, 2.05) is 34.8 Å². The zero-order chi connectivity index (χ0) is 21.8. The normalized spacial score (nSPS) is 16.5. The Balaban J connectivity index is 1.46. The largest absolute Gasteiger partial charge is 0.349 e. The first-order valence-electron chi connectivity index (χ1n) is 10.4. The number of rotatable bonds is 3. The molecule has 1 aliphatic rings. The van der Waals surface area contributed by atoms with Crippen molar-refractivity contribution >= 4 is 22.5 Å². The minimum absolute atomic E-state index is 0.270. The highest BCUT2D eigenvalue weighted by Gasteiger charge is 2.30. The number of aromatic nitrogens is 6. The minimum atomic E-state index is -0.439. The lowest BCUT2D eigenvalue weighted by atomic mass is 10.0. The maximum absolute atomic E-state index is 14.5. The highest BCUT2D eigenvalue weighted by molar-refractivity contribution is 5.83. The van der Waals surface area contributed by atoms with E-state index in [1.165, 1.54) is 12.1 Å². The summed E-state index contributed by atoms with van der Waals surface area (Å²) in [5.74, 6) is 0.599. The van der Waals surface area contributed by atoms with Crippen LogP contribution < -0.4 is 4.90 Å². The first kappa shape index (κ1) is 18.9. The molecule has 0 unspecified atom stereocenters. The molecule has 4 aromatic heterocycles. The second-order valence-corrected chi connectivity index (χ2v) is 7.99. The van der Waals surface area contributed by atoms with E-state index >= 15 is 0 Å². The highest BCUT2D eigenvalue weighted by Crippen LogP contribution is 2.37. The third-order valence-electron chi connectivity index (χ3n) is 6.14. The second kappa shape index (κ2) is 7.08. The van der Waals surface area contributed by atoms with E-state index in [0.717, 1.165) is 41.3 Å². The van der Waals surface area contributed by atoms with Gasteiger partial charge in [-0.2, -0.15) is 5.10 Å². The second-order valence-electron chi connectivity index (χ2n) is 7.99. The molecule has 1 fully saturated rings. The Morgan fingerprint density at radius 1 is 1.06 bits per heavy atom. The summed E-state index contributed by atoms with van der Waals surface area (Å²) in [7, 11) is 1.95. The summed E-state index contributed by atoms with van der Waals surface area (Å²) in [6.07, 6.45) is 8.65. The molecule has 0 saturated carbocycles. The molecule has 160 valence electrons. The van der Waals surface area contributed by atoms with Gasteiger partial charge in [0.15, 0.2) is 5.65 Å². The molecule has 0 radical (unpaired) electrons. The van der Waals surface area contributed by atoms with Gasteiger partial charge in [0.05, 0.1) is 29.5 Å². The number of nitrogens with zero attached hydrogens (tertiary/aromatic N) is 7. The summed E-state index contributed by atoms with van der Waals surface area (Å²) in [6, 6.07) is 7.13. The fraction of sp³-hybridized carbons (Fsp3) is 0.217. The predicted molar refractivity (Wildman–Crippen MR) is 116 cm³/mol. The number of imidazole rings is 1. The molecule has 9 heteroatoms. The molecule has 5 heterocycles. The molecular weight excluding hydrogens is 412 g/mol. The smallest absolute Gasteiger partial charge is 0.168 e. The zero-order valence-electron chi connectivity index (χ0n) is 17.3. The summed E-state index contributed by atoms with van der Waals surface area (Å²) in [5.41, 5.74) is 3.56. The van der Waals surface area contributed by atoms with Crippen molar-refractivity contribution in [3.8, 4) is 11.4 Å². The van der Waals surface area contributed by atoms with Crippen LogP contribution in [0.15, 0.2) is 55.1 Å². The van der Waals surface area contributed by atoms with E-state index in [4.69, 9.17) is 9.97 Å². The number of aryl methyl sites for hydroxylation is 1. The van der Waals surface area contributed by atoms with Crippen LogP contribution in [0.5, 0.6) is 0 Å². The molecule has 6 rings (SSSR count). The van der Waals surface area contributed by atoms with Crippen LogP contribution in [-0.4, -0.2) is 35.7 Å². The summed E-state index contributed by atoms with van der Waals surface area (Å²) in [5, 5.41) is 4.43. The number of benzene rings is 1. The van der Waals surface area contributed by atoms with E-state index in [0.29, 0.717) is 23.6 Å². The van der Waals surface area contributed by atoms with E-state index in [2.05, 4.69) is 10.1 Å². The van der Waals surface area contributed by atoms with Crippen LogP contribution in [0.1, 0.15) is 24.4 Å². The Kier molecular flexibility index (Phi) is 4.17. The summed E-state index contributed by atoms with van der Waals surface area (Å²) >= 11 is 0. The first-order valence-corrected chi connectivity index (χ1v) is 10.4. The van der Waals surface area contributed by atoms with Crippen molar-refractivity contribution in [1.82, 2.24) is 29.1 Å². The average Bonchev–Trinajstić information content (AvgIpc) is 3.52. The van der Waals surface area contributed by atoms with Gasteiger partial charge in [-0.25, -0.2) is 23.3 Å². The molecule has 0 N–H and O–H groups in total. The lowest BCUT2D eigenvalue weighted by Crippen LogP contribution is -2.24. The molecular formula is C23H19F2N7. The van der Waals surface area contributed by atoms with Gasteiger partial charge in [0.1, 0.15) is 28.8 Å². The van der Waals surface area contributed by atoms with Crippen molar-refractivity contribution in [3.63, 3.8) is 0 Å². The predicted octanol–water partition coefficient (Wildman–Crippen LogP) is 4.30. The summed E-state index contributed by atoms with van der Waals surface area (Å²) in [6.45, 7) is 0.714. The molecule has 1 aromatic carbocycles. The fourth-order valence-electron chi connectivity index (χ4n) is 4.60. The third kappa shape index (κ3) is 2.84. The number of hydrogen-bond acceptors (Lipinski definition) is 5. The lowest BCUT2D eigenvalue weighted by molar-refractivity contribution is 0.560. The Morgan fingerprint density at radius 3 is 2.84 bits per heavy atom. The van der Waals surface area contributed by atoms with Crippen LogP contribution in [0, 0.1) is 11.6 Å². The third-order valence-corrected chi connectivity index (χ3v) is 6.14. The SMILES string of the molecule is Cn1c(-c2cnn3ccc(N4CCC[C@@H]4c4cc(F)ccc4F)nc23)nc2cnccc21. The van der Waals surface area contributed by atoms with Crippen molar-refractivity contribution in [3.05, 3.63) is 72.3 Å². The Hall–Kier alpha value is -3.88. The van der Waals surface area contributed by atoms with Gasteiger partial charge >= 0.3 is 0 Å². The van der Waals surface area contributed by atoms with E-state index in [1.54, 1.807) is 23.1 Å². The van der Waals surface area contributed by atoms with Crippen LogP contribution >= 0.6 is 0 Å². The zero-order valence-corrected chi connectivity index (χ0v) is 17.3. The van der Waals surface area contributed by atoms with Crippen LogP contribution in [0.2, 0.25) is 0 Å². The topological polar surface area (TPSA) is 64.1 Å². The maximum Gasteiger partial charge on any atom is 0.168 e. The van der Waals surface area contributed by atoms with Crippen LogP contribution in [0.4, 0.5) is 14.6 Å². The quantitative estimate of drug-likeness (QED) is 0.426. The number of anilines is 1. The van der Waals surface area contributed by atoms with Crippen molar-refractivity contribution in [2.75, 3.05) is 11.4 Å².